The highest BCUT2D eigenvalue weighted by Gasteiger charge is 2.30. The maximum atomic E-state index is 10.6. The van der Waals surface area contributed by atoms with Crippen molar-refractivity contribution in [2.45, 2.75) is 44.9 Å². The first-order valence-electron chi connectivity index (χ1n) is 9.11. The molecule has 0 aliphatic heterocycles. The second-order valence-corrected chi connectivity index (χ2v) is 7.06. The highest BCUT2D eigenvalue weighted by molar-refractivity contribution is 5.52. The number of aromatic hydroxyl groups is 2. The lowest BCUT2D eigenvalue weighted by Gasteiger charge is -2.31. The van der Waals surface area contributed by atoms with Crippen molar-refractivity contribution in [1.82, 2.24) is 0 Å². The van der Waals surface area contributed by atoms with Gasteiger partial charge in [0.1, 0.15) is 11.5 Å². The smallest absolute Gasteiger partial charge is 0.294 e. The second-order valence-electron chi connectivity index (χ2n) is 7.06. The number of benzene rings is 1. The van der Waals surface area contributed by atoms with Crippen LogP contribution >= 0.6 is 0 Å². The minimum atomic E-state index is -0.817. The van der Waals surface area contributed by atoms with Crippen LogP contribution < -0.4 is 0 Å². The van der Waals surface area contributed by atoms with E-state index >= 15 is 0 Å². The van der Waals surface area contributed by atoms with Crippen molar-refractivity contribution in [3.63, 3.8) is 0 Å². The van der Waals surface area contributed by atoms with Crippen molar-refractivity contribution >= 4 is 0 Å². The zero-order valence-electron chi connectivity index (χ0n) is 15.6. The summed E-state index contributed by atoms with van der Waals surface area (Å²) in [5.41, 5.74) is 3.08. The summed E-state index contributed by atoms with van der Waals surface area (Å²) in [5, 5.41) is 39.9. The van der Waals surface area contributed by atoms with Gasteiger partial charge in [0, 0.05) is 11.5 Å². The molecule has 1 aromatic rings. The molecule has 1 aromatic carbocycles. The van der Waals surface area contributed by atoms with Gasteiger partial charge in [-0.3, -0.25) is 0 Å². The Morgan fingerprint density at radius 1 is 1.33 bits per heavy atom. The van der Waals surface area contributed by atoms with Crippen molar-refractivity contribution in [2.24, 2.45) is 5.92 Å². The van der Waals surface area contributed by atoms with E-state index in [4.69, 9.17) is 0 Å². The Hall–Kier alpha value is -2.54. The third-order valence-electron chi connectivity index (χ3n) is 5.05. The first-order valence-corrected chi connectivity index (χ1v) is 9.11. The third kappa shape index (κ3) is 5.47. The van der Waals surface area contributed by atoms with Gasteiger partial charge >= 0.3 is 0 Å². The summed E-state index contributed by atoms with van der Waals surface area (Å²) in [6.07, 6.45) is 5.21. The number of hydrogen-bond acceptors (Lipinski definition) is 6. The van der Waals surface area contributed by atoms with Gasteiger partial charge < -0.3 is 20.2 Å². The molecule has 0 unspecified atom stereocenters. The fraction of sp³-hybridized carbons (Fsp3) is 0.500. The molecular formula is C20H27NO6. The number of aliphatic hydroxyl groups excluding tert-OH is 1. The molecule has 3 N–H and O–H groups in total. The Morgan fingerprint density at radius 2 is 2.00 bits per heavy atom. The number of allylic oxidation sites excluding steroid dienone is 2. The Bertz CT molecular complexity index is 704. The van der Waals surface area contributed by atoms with Crippen molar-refractivity contribution in [3.05, 3.63) is 57.2 Å². The molecule has 0 aromatic heterocycles. The Kier molecular flexibility index (Phi) is 7.24. The Labute approximate surface area is 158 Å². The van der Waals surface area contributed by atoms with Crippen LogP contribution in [0.15, 0.2) is 35.9 Å². The summed E-state index contributed by atoms with van der Waals surface area (Å²) in [4.78, 5) is 14.4. The van der Waals surface area contributed by atoms with E-state index in [-0.39, 0.29) is 36.5 Å². The van der Waals surface area contributed by atoms with Crippen molar-refractivity contribution in [2.75, 3.05) is 13.2 Å². The molecule has 0 saturated heterocycles. The van der Waals surface area contributed by atoms with Gasteiger partial charge in [0.15, 0.2) is 0 Å². The monoisotopic (exact) mass is 377 g/mol. The van der Waals surface area contributed by atoms with Gasteiger partial charge in [-0.15, -0.1) is 10.1 Å². The normalized spacial score (nSPS) is 19.4. The lowest BCUT2D eigenvalue weighted by Crippen LogP contribution is -2.18. The number of aryl methyl sites for hydroxylation is 1. The van der Waals surface area contributed by atoms with E-state index in [1.807, 2.05) is 13.0 Å². The van der Waals surface area contributed by atoms with Crippen LogP contribution in [0.2, 0.25) is 0 Å². The SMILES string of the molecule is C=C(C)[C@H]1CCC(CO)=C[C@@H]1c1c(O)cc(CCCCO[N+](=O)[O-])cc1O. The quantitative estimate of drug-likeness (QED) is 0.262. The van der Waals surface area contributed by atoms with Gasteiger partial charge in [0.2, 0.25) is 0 Å². The summed E-state index contributed by atoms with van der Waals surface area (Å²) in [7, 11) is 0. The van der Waals surface area contributed by atoms with Crippen LogP contribution in [0.4, 0.5) is 0 Å². The van der Waals surface area contributed by atoms with Crippen LogP contribution in [0.25, 0.3) is 0 Å². The first-order chi connectivity index (χ1) is 12.8. The standard InChI is InChI=1S/C20H27NO6/c1-13(2)16-7-6-15(12-22)9-17(16)20-18(23)10-14(11-19(20)24)5-3-4-8-27-21(25)26/h9-11,16-17,22-24H,1,3-8,12H2,2H3/t16-,17+/m1/s1. The predicted octanol–water partition coefficient (Wildman–Crippen LogP) is 3.62. The van der Waals surface area contributed by atoms with E-state index in [0.29, 0.717) is 24.8 Å². The lowest BCUT2D eigenvalue weighted by atomic mass is 9.73. The highest BCUT2D eigenvalue weighted by Crippen LogP contribution is 2.46. The number of unbranched alkanes of at least 4 members (excludes halogenated alkanes) is 1. The van der Waals surface area contributed by atoms with Crippen LogP contribution in [-0.2, 0) is 11.3 Å². The van der Waals surface area contributed by atoms with Crippen LogP contribution in [-0.4, -0.2) is 33.6 Å². The Balaban J connectivity index is 2.17. The molecule has 1 aliphatic rings. The number of nitrogens with zero attached hydrogens (tertiary/aromatic N) is 1. The summed E-state index contributed by atoms with van der Waals surface area (Å²) in [5.74, 6) is -0.125. The molecule has 7 nitrogen and oxygen atoms in total. The lowest BCUT2D eigenvalue weighted by molar-refractivity contribution is -0.757. The first kappa shape index (κ1) is 20.8. The van der Waals surface area contributed by atoms with E-state index in [1.54, 1.807) is 12.1 Å². The molecular weight excluding hydrogens is 350 g/mol. The minimum Gasteiger partial charge on any atom is -0.507 e. The van der Waals surface area contributed by atoms with Crippen molar-refractivity contribution in [3.8, 4) is 11.5 Å². The number of phenolic OH excluding ortho intramolecular Hbond substituents is 2. The number of rotatable bonds is 9. The number of hydrogen-bond donors (Lipinski definition) is 3. The predicted molar refractivity (Wildman–Crippen MR) is 101 cm³/mol. The Morgan fingerprint density at radius 3 is 2.56 bits per heavy atom. The van der Waals surface area contributed by atoms with E-state index in [2.05, 4.69) is 11.4 Å². The maximum absolute atomic E-state index is 10.6. The molecule has 0 bridgehead atoms. The summed E-state index contributed by atoms with van der Waals surface area (Å²) in [6, 6.07) is 3.25. The van der Waals surface area contributed by atoms with Gasteiger partial charge in [-0.1, -0.05) is 18.2 Å². The molecule has 1 aliphatic carbocycles. The van der Waals surface area contributed by atoms with Crippen molar-refractivity contribution in [1.29, 1.82) is 0 Å². The molecule has 0 heterocycles. The van der Waals surface area contributed by atoms with E-state index < -0.39 is 5.09 Å². The van der Waals surface area contributed by atoms with E-state index in [9.17, 15) is 25.4 Å². The maximum Gasteiger partial charge on any atom is 0.294 e. The topological polar surface area (TPSA) is 113 Å². The molecule has 0 amide bonds. The molecule has 2 atom stereocenters. The molecule has 0 saturated carbocycles. The average Bonchev–Trinajstić information content (AvgIpc) is 2.60. The molecule has 0 spiro atoms. The minimum absolute atomic E-state index is 0.0123. The van der Waals surface area contributed by atoms with Gasteiger partial charge in [-0.2, -0.15) is 0 Å². The molecule has 7 heteroatoms. The van der Waals surface area contributed by atoms with Crippen LogP contribution in [0.1, 0.15) is 49.7 Å². The van der Waals surface area contributed by atoms with Crippen molar-refractivity contribution < 1.29 is 25.2 Å². The second kappa shape index (κ2) is 9.41. The van der Waals surface area contributed by atoms with E-state index in [0.717, 1.165) is 29.6 Å². The number of phenols is 2. The van der Waals surface area contributed by atoms with Crippen LogP contribution in [0, 0.1) is 16.0 Å². The molecule has 0 radical (unpaired) electrons. The highest BCUT2D eigenvalue weighted by atomic mass is 16.9. The zero-order chi connectivity index (χ0) is 20.0. The average molecular weight is 377 g/mol. The summed E-state index contributed by atoms with van der Waals surface area (Å²) >= 11 is 0. The molecule has 2 rings (SSSR count). The summed E-state index contributed by atoms with van der Waals surface area (Å²) in [6.45, 7) is 5.96. The fourth-order valence-corrected chi connectivity index (χ4v) is 3.68. The third-order valence-corrected chi connectivity index (χ3v) is 5.05. The fourth-order valence-electron chi connectivity index (χ4n) is 3.68. The van der Waals surface area contributed by atoms with Crippen LogP contribution in [0.5, 0.6) is 11.5 Å². The largest absolute Gasteiger partial charge is 0.507 e. The number of aliphatic hydroxyl groups is 1. The van der Waals surface area contributed by atoms with Gasteiger partial charge in [-0.05, 0) is 68.2 Å². The van der Waals surface area contributed by atoms with Gasteiger partial charge in [0.25, 0.3) is 5.09 Å². The zero-order valence-corrected chi connectivity index (χ0v) is 15.6. The molecule has 0 fully saturated rings. The van der Waals surface area contributed by atoms with Gasteiger partial charge in [0.05, 0.1) is 13.2 Å². The van der Waals surface area contributed by atoms with Crippen LogP contribution in [0.3, 0.4) is 0 Å². The summed E-state index contributed by atoms with van der Waals surface area (Å²) < 4.78 is 0. The van der Waals surface area contributed by atoms with E-state index in [1.165, 1.54) is 0 Å². The molecule has 27 heavy (non-hydrogen) atoms. The molecule has 148 valence electrons. The van der Waals surface area contributed by atoms with Gasteiger partial charge in [-0.25, -0.2) is 0 Å².